The number of hydrogen-bond acceptors (Lipinski definition) is 4. The third-order valence-corrected chi connectivity index (χ3v) is 2.02. The standard InChI is InChI=1S/C9H18O4/c1-2-4-13-5-3-9(6-10,7-11)8-12/h2,10-12H,1,3-8H2. The molecule has 0 aliphatic carbocycles. The van der Waals surface area contributed by atoms with Crippen LogP contribution in [-0.2, 0) is 4.74 Å². The van der Waals surface area contributed by atoms with E-state index in [9.17, 15) is 0 Å². The van der Waals surface area contributed by atoms with E-state index in [1.807, 2.05) is 0 Å². The molecule has 0 saturated heterocycles. The lowest BCUT2D eigenvalue weighted by molar-refractivity contribution is -0.0185. The summed E-state index contributed by atoms with van der Waals surface area (Å²) in [5.74, 6) is 0. The van der Waals surface area contributed by atoms with Gasteiger partial charge in [0.15, 0.2) is 0 Å². The zero-order valence-corrected chi connectivity index (χ0v) is 7.78. The summed E-state index contributed by atoms with van der Waals surface area (Å²) in [6, 6.07) is 0. The molecule has 78 valence electrons. The topological polar surface area (TPSA) is 69.9 Å². The van der Waals surface area contributed by atoms with Crippen molar-refractivity contribution in [2.24, 2.45) is 5.41 Å². The van der Waals surface area contributed by atoms with Crippen LogP contribution in [0, 0.1) is 5.41 Å². The van der Waals surface area contributed by atoms with Crippen molar-refractivity contribution in [3.8, 4) is 0 Å². The summed E-state index contributed by atoms with van der Waals surface area (Å²) >= 11 is 0. The molecule has 0 radical (unpaired) electrons. The summed E-state index contributed by atoms with van der Waals surface area (Å²) in [7, 11) is 0. The molecule has 0 aromatic carbocycles. The molecule has 0 aromatic rings. The van der Waals surface area contributed by atoms with Crippen LogP contribution in [0.3, 0.4) is 0 Å². The Bertz CT molecular complexity index is 123. The van der Waals surface area contributed by atoms with Crippen molar-refractivity contribution in [3.63, 3.8) is 0 Å². The Hall–Kier alpha value is -0.420. The van der Waals surface area contributed by atoms with Crippen LogP contribution < -0.4 is 0 Å². The fourth-order valence-electron chi connectivity index (χ4n) is 0.843. The first-order valence-electron chi connectivity index (χ1n) is 4.26. The Morgan fingerprint density at radius 1 is 1.15 bits per heavy atom. The molecule has 3 N–H and O–H groups in total. The first-order chi connectivity index (χ1) is 6.24. The van der Waals surface area contributed by atoms with Crippen LogP contribution in [0.25, 0.3) is 0 Å². The van der Waals surface area contributed by atoms with Gasteiger partial charge in [0.05, 0.1) is 26.4 Å². The highest BCUT2D eigenvalue weighted by molar-refractivity contribution is 4.76. The van der Waals surface area contributed by atoms with Gasteiger partial charge in [0.25, 0.3) is 0 Å². The largest absolute Gasteiger partial charge is 0.396 e. The molecule has 0 atom stereocenters. The van der Waals surface area contributed by atoms with Gasteiger partial charge in [-0.05, 0) is 6.42 Å². The van der Waals surface area contributed by atoms with Crippen molar-refractivity contribution in [2.75, 3.05) is 33.0 Å². The SMILES string of the molecule is C=CCOCCC(CO)(CO)CO. The minimum atomic E-state index is -0.818. The summed E-state index contributed by atoms with van der Waals surface area (Å²) < 4.78 is 5.09. The van der Waals surface area contributed by atoms with Gasteiger partial charge in [-0.25, -0.2) is 0 Å². The van der Waals surface area contributed by atoms with Gasteiger partial charge in [-0.2, -0.15) is 0 Å². The first kappa shape index (κ1) is 12.6. The van der Waals surface area contributed by atoms with E-state index < -0.39 is 5.41 Å². The molecule has 4 nitrogen and oxygen atoms in total. The lowest BCUT2D eigenvalue weighted by Gasteiger charge is -2.26. The average Bonchev–Trinajstić information content (AvgIpc) is 2.20. The Labute approximate surface area is 78.5 Å². The predicted octanol–water partition coefficient (Wildman–Crippen LogP) is -0.458. The van der Waals surface area contributed by atoms with Crippen molar-refractivity contribution < 1.29 is 20.1 Å². The molecular formula is C9H18O4. The smallest absolute Gasteiger partial charge is 0.0644 e. The van der Waals surface area contributed by atoms with E-state index in [2.05, 4.69) is 6.58 Å². The Morgan fingerprint density at radius 2 is 1.69 bits per heavy atom. The maximum atomic E-state index is 8.94. The van der Waals surface area contributed by atoms with Crippen molar-refractivity contribution in [3.05, 3.63) is 12.7 Å². The van der Waals surface area contributed by atoms with Crippen LogP contribution in [0.2, 0.25) is 0 Å². The van der Waals surface area contributed by atoms with E-state index in [4.69, 9.17) is 20.1 Å². The van der Waals surface area contributed by atoms with Gasteiger partial charge in [0, 0.05) is 12.0 Å². The van der Waals surface area contributed by atoms with Gasteiger partial charge in [-0.1, -0.05) is 6.08 Å². The van der Waals surface area contributed by atoms with Crippen molar-refractivity contribution in [1.82, 2.24) is 0 Å². The van der Waals surface area contributed by atoms with E-state index in [1.54, 1.807) is 6.08 Å². The molecule has 4 heteroatoms. The predicted molar refractivity (Wildman–Crippen MR) is 49.3 cm³/mol. The number of ether oxygens (including phenoxy) is 1. The Balaban J connectivity index is 3.74. The molecule has 0 aromatic heterocycles. The highest BCUT2D eigenvalue weighted by Crippen LogP contribution is 2.19. The van der Waals surface area contributed by atoms with Gasteiger partial charge < -0.3 is 20.1 Å². The third-order valence-electron chi connectivity index (χ3n) is 2.02. The number of aliphatic hydroxyl groups excluding tert-OH is 3. The molecule has 0 bridgehead atoms. The van der Waals surface area contributed by atoms with Gasteiger partial charge in [0.2, 0.25) is 0 Å². The summed E-state index contributed by atoms with van der Waals surface area (Å²) in [4.78, 5) is 0. The molecule has 0 amide bonds. The third kappa shape index (κ3) is 4.38. The Kier molecular flexibility index (Phi) is 6.80. The lowest BCUT2D eigenvalue weighted by Crippen LogP contribution is -2.35. The summed E-state index contributed by atoms with van der Waals surface area (Å²) in [5.41, 5.74) is -0.818. The van der Waals surface area contributed by atoms with E-state index in [1.165, 1.54) is 0 Å². The molecule has 0 rings (SSSR count). The summed E-state index contributed by atoms with van der Waals surface area (Å²) in [6.45, 7) is 3.61. The fraction of sp³-hybridized carbons (Fsp3) is 0.778. The zero-order chi connectivity index (χ0) is 10.2. The quantitative estimate of drug-likeness (QED) is 0.358. The number of aliphatic hydroxyl groups is 3. The molecule has 0 heterocycles. The minimum absolute atomic E-state index is 0.239. The normalized spacial score (nSPS) is 11.6. The molecular weight excluding hydrogens is 172 g/mol. The Morgan fingerprint density at radius 3 is 2.08 bits per heavy atom. The van der Waals surface area contributed by atoms with Crippen LogP contribution in [0.5, 0.6) is 0 Å². The second-order valence-electron chi connectivity index (χ2n) is 3.09. The van der Waals surface area contributed by atoms with Gasteiger partial charge >= 0.3 is 0 Å². The minimum Gasteiger partial charge on any atom is -0.396 e. The lowest BCUT2D eigenvalue weighted by atomic mass is 9.88. The fourth-order valence-corrected chi connectivity index (χ4v) is 0.843. The molecule has 13 heavy (non-hydrogen) atoms. The number of rotatable bonds is 8. The van der Waals surface area contributed by atoms with Crippen LogP contribution in [-0.4, -0.2) is 48.4 Å². The van der Waals surface area contributed by atoms with Gasteiger partial charge in [-0.3, -0.25) is 0 Å². The maximum absolute atomic E-state index is 8.94. The summed E-state index contributed by atoms with van der Waals surface area (Å²) in [6.07, 6.45) is 2.06. The van der Waals surface area contributed by atoms with E-state index >= 15 is 0 Å². The van der Waals surface area contributed by atoms with E-state index in [-0.39, 0.29) is 19.8 Å². The molecule has 0 fully saturated rings. The molecule has 0 aliphatic rings. The molecule has 0 unspecified atom stereocenters. The van der Waals surface area contributed by atoms with Gasteiger partial charge in [-0.15, -0.1) is 6.58 Å². The second kappa shape index (κ2) is 7.03. The average molecular weight is 190 g/mol. The van der Waals surface area contributed by atoms with E-state index in [0.29, 0.717) is 19.6 Å². The van der Waals surface area contributed by atoms with Crippen molar-refractivity contribution in [2.45, 2.75) is 6.42 Å². The molecule has 0 aliphatic heterocycles. The first-order valence-corrected chi connectivity index (χ1v) is 4.26. The number of hydrogen-bond donors (Lipinski definition) is 3. The van der Waals surface area contributed by atoms with Crippen LogP contribution >= 0.6 is 0 Å². The highest BCUT2D eigenvalue weighted by Gasteiger charge is 2.27. The maximum Gasteiger partial charge on any atom is 0.0644 e. The van der Waals surface area contributed by atoms with E-state index in [0.717, 1.165) is 0 Å². The highest BCUT2D eigenvalue weighted by atomic mass is 16.5. The van der Waals surface area contributed by atoms with Gasteiger partial charge in [0.1, 0.15) is 0 Å². The van der Waals surface area contributed by atoms with Crippen molar-refractivity contribution >= 4 is 0 Å². The zero-order valence-electron chi connectivity index (χ0n) is 7.78. The van der Waals surface area contributed by atoms with Crippen LogP contribution in [0.1, 0.15) is 6.42 Å². The second-order valence-corrected chi connectivity index (χ2v) is 3.09. The van der Waals surface area contributed by atoms with Crippen molar-refractivity contribution in [1.29, 1.82) is 0 Å². The molecule has 0 spiro atoms. The monoisotopic (exact) mass is 190 g/mol. The van der Waals surface area contributed by atoms with Crippen LogP contribution in [0.4, 0.5) is 0 Å². The molecule has 0 saturated carbocycles. The summed E-state index contributed by atoms with van der Waals surface area (Å²) in [5, 5.41) is 26.8. The van der Waals surface area contributed by atoms with Crippen LogP contribution in [0.15, 0.2) is 12.7 Å².